The maximum Gasteiger partial charge on any atom is 0.0795 e. The van der Waals surface area contributed by atoms with E-state index in [4.69, 9.17) is 11.6 Å². The van der Waals surface area contributed by atoms with E-state index in [0.717, 1.165) is 38.6 Å². The van der Waals surface area contributed by atoms with Crippen LogP contribution in [0.3, 0.4) is 0 Å². The Labute approximate surface area is 301 Å². The van der Waals surface area contributed by atoms with Crippen LogP contribution in [0.4, 0.5) is 0 Å². The molecule has 0 spiro atoms. The molecule has 8 aromatic carbocycles. The van der Waals surface area contributed by atoms with Crippen molar-refractivity contribution in [3.05, 3.63) is 193 Å². The van der Waals surface area contributed by atoms with Crippen LogP contribution < -0.4 is 0 Å². The van der Waals surface area contributed by atoms with Crippen LogP contribution in [0.15, 0.2) is 188 Å². The van der Waals surface area contributed by atoms with Gasteiger partial charge in [-0.3, -0.25) is 0 Å². The lowest BCUT2D eigenvalue weighted by molar-refractivity contribution is 1.15. The van der Waals surface area contributed by atoms with Crippen LogP contribution in [0.25, 0.3) is 88.4 Å². The summed E-state index contributed by atoms with van der Waals surface area (Å²) in [6.07, 6.45) is 0. The number of benzene rings is 8. The normalized spacial score (nSPS) is 11.6. The summed E-state index contributed by atoms with van der Waals surface area (Å²) < 4.78 is 4.94. The number of para-hydroxylation sites is 3. The highest BCUT2D eigenvalue weighted by Crippen LogP contribution is 2.48. The lowest BCUT2D eigenvalue weighted by Gasteiger charge is -2.16. The van der Waals surface area contributed by atoms with E-state index in [9.17, 15) is 0 Å². The summed E-state index contributed by atoms with van der Waals surface area (Å²) in [5.74, 6) is 0. The molecule has 0 saturated carbocycles. The van der Waals surface area contributed by atoms with Crippen molar-refractivity contribution < 1.29 is 0 Å². The zero-order chi connectivity index (χ0) is 33.9. The van der Waals surface area contributed by atoms with Gasteiger partial charge in [0.2, 0.25) is 0 Å². The van der Waals surface area contributed by atoms with E-state index >= 15 is 0 Å². The predicted molar refractivity (Wildman–Crippen MR) is 216 cm³/mol. The van der Waals surface area contributed by atoms with Crippen LogP contribution in [0.2, 0.25) is 5.02 Å². The predicted octanol–water partition coefficient (Wildman–Crippen LogP) is 13.5. The molecule has 0 aliphatic carbocycles. The lowest BCUT2D eigenvalue weighted by atomic mass is 9.90. The number of nitrogens with zero attached hydrogens (tertiary/aromatic N) is 2. The molecule has 0 N–H and O–H groups in total. The highest BCUT2D eigenvalue weighted by molar-refractivity contribution is 6.34. The minimum atomic E-state index is 0.739. The molecule has 10 rings (SSSR count). The van der Waals surface area contributed by atoms with E-state index in [-0.39, 0.29) is 0 Å². The van der Waals surface area contributed by atoms with Gasteiger partial charge in [-0.2, -0.15) is 0 Å². The molecule has 0 aliphatic heterocycles. The van der Waals surface area contributed by atoms with Gasteiger partial charge in [-0.1, -0.05) is 151 Å². The molecule has 0 amide bonds. The Morgan fingerprint density at radius 1 is 0.333 bits per heavy atom. The molecule has 0 bridgehead atoms. The average molecular weight is 671 g/mol. The molecule has 0 atom stereocenters. The third-order valence-corrected chi connectivity index (χ3v) is 10.5. The molecular weight excluding hydrogens is 640 g/mol. The van der Waals surface area contributed by atoms with Gasteiger partial charge in [0, 0.05) is 43.5 Å². The van der Waals surface area contributed by atoms with Crippen molar-refractivity contribution in [1.82, 2.24) is 9.13 Å². The van der Waals surface area contributed by atoms with Crippen LogP contribution in [0, 0.1) is 0 Å². The lowest BCUT2D eigenvalue weighted by Crippen LogP contribution is -1.99. The molecule has 0 saturated heterocycles. The van der Waals surface area contributed by atoms with Gasteiger partial charge in [0.25, 0.3) is 0 Å². The second-order valence-corrected chi connectivity index (χ2v) is 13.4. The van der Waals surface area contributed by atoms with E-state index in [1.165, 1.54) is 54.8 Å². The molecule has 2 nitrogen and oxygen atoms in total. The third-order valence-electron chi connectivity index (χ3n) is 10.2. The highest BCUT2D eigenvalue weighted by atomic mass is 35.5. The fourth-order valence-electron chi connectivity index (χ4n) is 8.01. The smallest absolute Gasteiger partial charge is 0.0795 e. The molecular formula is C48H31ClN2. The first-order valence-electron chi connectivity index (χ1n) is 17.3. The van der Waals surface area contributed by atoms with Gasteiger partial charge in [0.15, 0.2) is 0 Å². The number of fused-ring (bicyclic) bond motifs is 7. The molecule has 0 fully saturated rings. The maximum atomic E-state index is 6.92. The van der Waals surface area contributed by atoms with Crippen LogP contribution in [0.5, 0.6) is 0 Å². The van der Waals surface area contributed by atoms with Crippen LogP contribution >= 0.6 is 11.6 Å². The minimum absolute atomic E-state index is 0.739. The largest absolute Gasteiger partial charge is 0.307 e. The van der Waals surface area contributed by atoms with Crippen molar-refractivity contribution in [2.24, 2.45) is 0 Å². The second-order valence-electron chi connectivity index (χ2n) is 13.0. The summed E-state index contributed by atoms with van der Waals surface area (Å²) in [6, 6.07) is 67.3. The molecule has 10 aromatic rings. The van der Waals surface area contributed by atoms with E-state index in [0.29, 0.717) is 0 Å². The molecule has 0 aliphatic rings. The van der Waals surface area contributed by atoms with Crippen LogP contribution in [0.1, 0.15) is 0 Å². The Morgan fingerprint density at radius 3 is 1.61 bits per heavy atom. The zero-order valence-corrected chi connectivity index (χ0v) is 28.4. The fraction of sp³-hybridized carbons (Fsp3) is 0. The van der Waals surface area contributed by atoms with E-state index in [2.05, 4.69) is 185 Å². The van der Waals surface area contributed by atoms with Crippen molar-refractivity contribution in [2.75, 3.05) is 0 Å². The molecule has 0 unspecified atom stereocenters. The van der Waals surface area contributed by atoms with Gasteiger partial charge < -0.3 is 9.13 Å². The first-order valence-corrected chi connectivity index (χ1v) is 17.7. The Kier molecular flexibility index (Phi) is 6.90. The van der Waals surface area contributed by atoms with Gasteiger partial charge in [-0.25, -0.2) is 0 Å². The van der Waals surface area contributed by atoms with Crippen molar-refractivity contribution in [2.45, 2.75) is 0 Å². The number of halogens is 1. The van der Waals surface area contributed by atoms with E-state index in [1.807, 2.05) is 12.1 Å². The summed E-state index contributed by atoms with van der Waals surface area (Å²) in [5, 5.41) is 5.57. The van der Waals surface area contributed by atoms with Gasteiger partial charge in [0.05, 0.1) is 22.1 Å². The summed E-state index contributed by atoms with van der Waals surface area (Å²) in [4.78, 5) is 0. The quantitative estimate of drug-likeness (QED) is 0.172. The number of aromatic nitrogens is 2. The number of hydrogen-bond donors (Lipinski definition) is 0. The van der Waals surface area contributed by atoms with Crippen molar-refractivity contribution in [3.63, 3.8) is 0 Å². The number of rotatable bonds is 5. The van der Waals surface area contributed by atoms with Crippen molar-refractivity contribution >= 4 is 55.2 Å². The van der Waals surface area contributed by atoms with Crippen molar-refractivity contribution in [1.29, 1.82) is 0 Å². The molecule has 2 aromatic heterocycles. The van der Waals surface area contributed by atoms with Crippen LogP contribution in [-0.2, 0) is 0 Å². The van der Waals surface area contributed by atoms with Gasteiger partial charge in [0.1, 0.15) is 0 Å². The Bertz CT molecular complexity index is 2920. The van der Waals surface area contributed by atoms with Gasteiger partial charge in [-0.05, 0) is 76.3 Å². The first kappa shape index (κ1) is 29.6. The fourth-order valence-corrected chi connectivity index (χ4v) is 8.25. The second kappa shape index (κ2) is 11.9. The summed E-state index contributed by atoms with van der Waals surface area (Å²) in [7, 11) is 0. The molecule has 0 radical (unpaired) electrons. The minimum Gasteiger partial charge on any atom is -0.307 e. The zero-order valence-electron chi connectivity index (χ0n) is 27.7. The molecule has 51 heavy (non-hydrogen) atoms. The standard InChI is InChI=1S/C48H31ClN2/c49-43-27-12-9-24-38(43)36-22-7-8-23-37(36)41-31-42-39-25-10-13-28-44(39)50(34-19-5-2-6-20-34)47(42)48-46(41)40-26-11-14-29-45(40)51(48)35-21-15-18-33(30-35)32-16-3-1-4-17-32/h1-31H. The maximum absolute atomic E-state index is 6.92. The first-order chi connectivity index (χ1) is 25.3. The van der Waals surface area contributed by atoms with Gasteiger partial charge >= 0.3 is 0 Å². The van der Waals surface area contributed by atoms with Crippen molar-refractivity contribution in [3.8, 4) is 44.8 Å². The molecule has 3 heteroatoms. The van der Waals surface area contributed by atoms with Crippen LogP contribution in [-0.4, -0.2) is 9.13 Å². The topological polar surface area (TPSA) is 9.86 Å². The van der Waals surface area contributed by atoms with Gasteiger partial charge in [-0.15, -0.1) is 0 Å². The third kappa shape index (κ3) is 4.65. The molecule has 240 valence electrons. The Hall–Kier alpha value is -6.35. The summed E-state index contributed by atoms with van der Waals surface area (Å²) >= 11 is 6.92. The average Bonchev–Trinajstić information content (AvgIpc) is 3.72. The summed E-state index contributed by atoms with van der Waals surface area (Å²) in [6.45, 7) is 0. The Morgan fingerprint density at radius 2 is 0.863 bits per heavy atom. The van der Waals surface area contributed by atoms with E-state index in [1.54, 1.807) is 0 Å². The monoisotopic (exact) mass is 670 g/mol. The Balaban J connectivity index is 1.44. The molecule has 2 heterocycles. The highest BCUT2D eigenvalue weighted by Gasteiger charge is 2.25. The summed E-state index contributed by atoms with van der Waals surface area (Å²) in [5.41, 5.74) is 13.8. The number of hydrogen-bond acceptors (Lipinski definition) is 0. The SMILES string of the molecule is Clc1ccccc1-c1ccccc1-c1cc2c3ccccc3n(-c3ccccc3)c2c2c1c1ccccc1n2-c1cccc(-c2ccccc2)c1. The van der Waals surface area contributed by atoms with E-state index < -0.39 is 0 Å².